The Balaban J connectivity index is 1.99. The summed E-state index contributed by atoms with van der Waals surface area (Å²) in [6.45, 7) is 0. The van der Waals surface area contributed by atoms with Crippen LogP contribution in [0.5, 0.6) is 0 Å². The summed E-state index contributed by atoms with van der Waals surface area (Å²) in [5.41, 5.74) is -0.316. The summed E-state index contributed by atoms with van der Waals surface area (Å²) >= 11 is 5.90. The highest BCUT2D eigenvalue weighted by Crippen LogP contribution is 2.26. The van der Waals surface area contributed by atoms with E-state index in [4.69, 9.17) is 16.4 Å². The van der Waals surface area contributed by atoms with E-state index >= 15 is 0 Å². The summed E-state index contributed by atoms with van der Waals surface area (Å²) in [5.74, 6) is -1.52. The summed E-state index contributed by atoms with van der Waals surface area (Å²) in [4.78, 5) is 42.9. The largest absolute Gasteiger partial charge is 0.379 e. The van der Waals surface area contributed by atoms with Crippen LogP contribution >= 0.6 is 11.6 Å². The van der Waals surface area contributed by atoms with Gasteiger partial charge in [0.25, 0.3) is 5.56 Å². The quantitative estimate of drug-likeness (QED) is 0.761. The van der Waals surface area contributed by atoms with Crippen LogP contribution in [0.4, 0.5) is 0 Å². The fourth-order valence-corrected chi connectivity index (χ4v) is 2.44. The van der Waals surface area contributed by atoms with E-state index in [1.54, 1.807) is 48.5 Å². The van der Waals surface area contributed by atoms with Crippen molar-refractivity contribution in [3.63, 3.8) is 0 Å². The lowest BCUT2D eigenvalue weighted by atomic mass is 9.91. The molecule has 3 rings (SSSR count). The number of carbonyl (C=O) groups excluding carboxylic acids is 1. The fraction of sp³-hybridized carbons (Fsp3) is 0.0588. The van der Waals surface area contributed by atoms with Crippen LogP contribution in [0.15, 0.2) is 70.4 Å². The van der Waals surface area contributed by atoms with Gasteiger partial charge >= 0.3 is 11.7 Å². The average Bonchev–Trinajstić information content (AvgIpc) is 2.60. The average molecular weight is 358 g/mol. The van der Waals surface area contributed by atoms with E-state index in [9.17, 15) is 14.4 Å². The number of nitrogens with zero attached hydrogens (tertiary/aromatic N) is 2. The number of aromatic nitrogens is 3. The lowest BCUT2D eigenvalue weighted by Gasteiger charge is -2.16. The first-order valence-corrected chi connectivity index (χ1v) is 7.63. The summed E-state index contributed by atoms with van der Waals surface area (Å²) in [7, 11) is 0. The van der Waals surface area contributed by atoms with Gasteiger partial charge in [-0.1, -0.05) is 54.1 Å². The van der Waals surface area contributed by atoms with Crippen molar-refractivity contribution in [2.75, 3.05) is 0 Å². The van der Waals surface area contributed by atoms with Gasteiger partial charge in [0.15, 0.2) is 0 Å². The molecule has 1 N–H and O–H groups in total. The van der Waals surface area contributed by atoms with Crippen molar-refractivity contribution in [3.8, 4) is 0 Å². The van der Waals surface area contributed by atoms with Gasteiger partial charge in [0.1, 0.15) is 12.1 Å². The molecule has 126 valence electrons. The van der Waals surface area contributed by atoms with Gasteiger partial charge in [-0.25, -0.2) is 9.59 Å². The number of hydrogen-bond donors (Lipinski definition) is 1. The highest BCUT2D eigenvalue weighted by molar-refractivity contribution is 6.30. The first-order chi connectivity index (χ1) is 12.0. The monoisotopic (exact) mass is 357 g/mol. The predicted molar refractivity (Wildman–Crippen MR) is 90.4 cm³/mol. The lowest BCUT2D eigenvalue weighted by Crippen LogP contribution is -2.39. The normalized spacial score (nSPS) is 11.7. The van der Waals surface area contributed by atoms with Crippen LogP contribution < -0.4 is 16.1 Å². The molecule has 1 heterocycles. The molecule has 1 atom stereocenters. The molecule has 0 radical (unpaired) electrons. The van der Waals surface area contributed by atoms with E-state index in [-0.39, 0.29) is 0 Å². The number of nitrogens with one attached hydrogen (secondary N) is 1. The minimum atomic E-state index is -0.941. The van der Waals surface area contributed by atoms with Gasteiger partial charge in [0.05, 0.1) is 0 Å². The number of aromatic amines is 1. The van der Waals surface area contributed by atoms with Crippen molar-refractivity contribution in [3.05, 3.63) is 97.8 Å². The maximum absolute atomic E-state index is 12.7. The van der Waals surface area contributed by atoms with Crippen molar-refractivity contribution in [1.82, 2.24) is 14.9 Å². The molecule has 25 heavy (non-hydrogen) atoms. The third-order valence-electron chi connectivity index (χ3n) is 3.43. The number of hydrogen-bond acceptors (Lipinski definition) is 5. The molecule has 2 aromatic carbocycles. The molecule has 0 saturated heterocycles. The van der Waals surface area contributed by atoms with Crippen molar-refractivity contribution >= 4 is 17.6 Å². The van der Waals surface area contributed by atoms with Crippen molar-refractivity contribution in [2.24, 2.45) is 0 Å². The number of halogens is 1. The third-order valence-corrected chi connectivity index (χ3v) is 3.68. The van der Waals surface area contributed by atoms with E-state index in [0.29, 0.717) is 21.0 Å². The standard InChI is InChI=1S/C17H12ClN3O4/c18-13-8-6-12(7-9-13)15(11-4-2-1-3-5-11)16(23)25-21-17(24)20-14(22)10-19-21/h1-10,15H,(H,20,22,24). The molecular weight excluding hydrogens is 346 g/mol. The van der Waals surface area contributed by atoms with Gasteiger partial charge in [-0.3, -0.25) is 9.78 Å². The van der Waals surface area contributed by atoms with Crippen LogP contribution in [-0.2, 0) is 4.79 Å². The molecule has 1 unspecified atom stereocenters. The highest BCUT2D eigenvalue weighted by atomic mass is 35.5. The van der Waals surface area contributed by atoms with Gasteiger partial charge < -0.3 is 4.84 Å². The van der Waals surface area contributed by atoms with Gasteiger partial charge in [-0.15, -0.1) is 5.10 Å². The maximum Gasteiger partial charge on any atom is 0.379 e. The number of benzene rings is 2. The van der Waals surface area contributed by atoms with E-state index in [1.807, 2.05) is 11.1 Å². The molecule has 1 aromatic heterocycles. The van der Waals surface area contributed by atoms with Crippen LogP contribution in [0.2, 0.25) is 5.02 Å². The third kappa shape index (κ3) is 3.84. The molecule has 0 bridgehead atoms. The Morgan fingerprint density at radius 2 is 1.68 bits per heavy atom. The van der Waals surface area contributed by atoms with Crippen LogP contribution in [0, 0.1) is 0 Å². The SMILES string of the molecule is O=C(On1ncc(=O)[nH]c1=O)C(c1ccccc1)c1ccc(Cl)cc1. The molecule has 3 aromatic rings. The van der Waals surface area contributed by atoms with Crippen LogP contribution in [0.1, 0.15) is 17.0 Å². The molecule has 0 aliphatic heterocycles. The first kappa shape index (κ1) is 16.7. The Bertz CT molecular complexity index is 997. The second-order valence-electron chi connectivity index (χ2n) is 5.12. The first-order valence-electron chi connectivity index (χ1n) is 7.26. The Labute approximate surface area is 146 Å². The zero-order valence-corrected chi connectivity index (χ0v) is 13.5. The van der Waals surface area contributed by atoms with E-state index < -0.39 is 23.1 Å². The Hall–Kier alpha value is -3.19. The molecule has 0 aliphatic rings. The summed E-state index contributed by atoms with van der Waals surface area (Å²) in [5, 5.41) is 4.03. The number of H-pyrrole nitrogens is 1. The van der Waals surface area contributed by atoms with Gasteiger partial charge in [0.2, 0.25) is 0 Å². The Kier molecular flexibility index (Phi) is 4.76. The fourth-order valence-electron chi connectivity index (χ4n) is 2.31. The minimum absolute atomic E-state index is 0.440. The van der Waals surface area contributed by atoms with Crippen molar-refractivity contribution in [1.29, 1.82) is 0 Å². The van der Waals surface area contributed by atoms with Crippen LogP contribution in [0.3, 0.4) is 0 Å². The maximum atomic E-state index is 12.7. The molecule has 0 spiro atoms. The molecule has 7 nitrogen and oxygen atoms in total. The van der Waals surface area contributed by atoms with Crippen molar-refractivity contribution in [2.45, 2.75) is 5.92 Å². The molecule has 8 heteroatoms. The van der Waals surface area contributed by atoms with Crippen molar-refractivity contribution < 1.29 is 9.63 Å². The van der Waals surface area contributed by atoms with E-state index in [2.05, 4.69) is 5.10 Å². The van der Waals surface area contributed by atoms with E-state index in [0.717, 1.165) is 6.20 Å². The second-order valence-corrected chi connectivity index (χ2v) is 5.55. The molecular formula is C17H12ClN3O4. The molecule has 0 aliphatic carbocycles. The Morgan fingerprint density at radius 1 is 1.04 bits per heavy atom. The molecule has 0 fully saturated rings. The summed E-state index contributed by atoms with van der Waals surface area (Å²) in [6, 6.07) is 15.6. The lowest BCUT2D eigenvalue weighted by molar-refractivity contribution is -0.147. The zero-order chi connectivity index (χ0) is 17.8. The van der Waals surface area contributed by atoms with E-state index in [1.165, 1.54) is 0 Å². The zero-order valence-electron chi connectivity index (χ0n) is 12.8. The molecule has 0 amide bonds. The second kappa shape index (κ2) is 7.14. The Morgan fingerprint density at radius 3 is 2.32 bits per heavy atom. The highest BCUT2D eigenvalue weighted by Gasteiger charge is 2.26. The van der Waals surface area contributed by atoms with Gasteiger partial charge in [-0.05, 0) is 28.1 Å². The minimum Gasteiger partial charge on any atom is -0.313 e. The van der Waals surface area contributed by atoms with Gasteiger partial charge in [-0.2, -0.15) is 0 Å². The van der Waals surface area contributed by atoms with Crippen LogP contribution in [0.25, 0.3) is 0 Å². The number of rotatable bonds is 4. The summed E-state index contributed by atoms with van der Waals surface area (Å²) in [6.07, 6.45) is 0.842. The predicted octanol–water partition coefficient (Wildman–Crippen LogP) is 1.37. The summed E-state index contributed by atoms with van der Waals surface area (Å²) < 4.78 is 0. The topological polar surface area (TPSA) is 94.1 Å². The smallest absolute Gasteiger partial charge is 0.313 e. The molecule has 0 saturated carbocycles. The van der Waals surface area contributed by atoms with Crippen LogP contribution in [-0.4, -0.2) is 20.9 Å². The van der Waals surface area contributed by atoms with Gasteiger partial charge in [0, 0.05) is 5.02 Å². The number of carbonyl (C=O) groups is 1.